The fourth-order valence-electron chi connectivity index (χ4n) is 16.2. The van der Waals surface area contributed by atoms with E-state index in [0.717, 1.165) is 65.2 Å². The van der Waals surface area contributed by atoms with Crippen molar-refractivity contribution in [1.29, 1.82) is 0 Å². The highest BCUT2D eigenvalue weighted by atomic mass is 35.5. The zero-order valence-corrected chi connectivity index (χ0v) is 70.6. The molecule has 0 radical (unpaired) electrons. The Morgan fingerprint density at radius 2 is 1.22 bits per heavy atom. The van der Waals surface area contributed by atoms with Gasteiger partial charge in [0.15, 0.2) is 36.2 Å². The molecule has 7 amide bonds. The zero-order chi connectivity index (χ0) is 90.3. The van der Waals surface area contributed by atoms with Gasteiger partial charge in [-0.2, -0.15) is 0 Å². The number of likely N-dealkylation sites (N-methyl/N-ethyl adjacent to an activating group) is 1. The molecule has 11 bridgehead atoms. The molecule has 0 saturated carbocycles. The molecule has 7 aromatic rings. The van der Waals surface area contributed by atoms with E-state index in [4.69, 9.17) is 84.2 Å². The van der Waals surface area contributed by atoms with E-state index in [1.807, 2.05) is 50.2 Å². The number of aliphatic hydroxyl groups is 6. The number of hydrogen-bond donors (Lipinski definition) is 20. The molecule has 1 unspecified atom stereocenters. The van der Waals surface area contributed by atoms with Crippen molar-refractivity contribution in [3.8, 4) is 68.2 Å². The molecular weight excluding hydrogens is 1700 g/mol. The number of primary amides is 1. The van der Waals surface area contributed by atoms with E-state index in [1.54, 1.807) is 26.0 Å². The number of fused-ring (bicyclic) bond motifs is 15. The van der Waals surface area contributed by atoms with Gasteiger partial charge in [-0.3, -0.25) is 33.6 Å². The molecule has 125 heavy (non-hydrogen) atoms. The molecule has 8 heterocycles. The minimum Gasteiger partial charge on any atom is -0.508 e. The van der Waals surface area contributed by atoms with E-state index in [-0.39, 0.29) is 59.2 Å². The van der Waals surface area contributed by atoms with Crippen molar-refractivity contribution in [2.24, 2.45) is 17.4 Å². The Morgan fingerprint density at radius 3 is 1.83 bits per heavy atom. The Kier molecular flexibility index (Phi) is 27.9. The molecular formula is C86H97Cl3N10O26. The molecule has 39 heteroatoms. The van der Waals surface area contributed by atoms with Crippen LogP contribution in [0.2, 0.25) is 15.1 Å². The molecule has 3 saturated heterocycles. The van der Waals surface area contributed by atoms with Crippen molar-refractivity contribution < 1.29 is 127 Å². The maximum absolute atomic E-state index is 16.6. The summed E-state index contributed by atoms with van der Waals surface area (Å²) in [5.74, 6) is -16.1. The molecule has 3 fully saturated rings. The summed E-state index contributed by atoms with van der Waals surface area (Å²) < 4.78 is 52.9. The molecule has 36 nitrogen and oxygen atoms in total. The zero-order valence-electron chi connectivity index (χ0n) is 68.3. The van der Waals surface area contributed by atoms with Gasteiger partial charge in [0.05, 0.1) is 53.5 Å². The number of ether oxygens (including phenoxy) is 8. The predicted octanol–water partition coefficient (Wildman–Crippen LogP) is 4.50. The molecule has 15 rings (SSSR count). The lowest BCUT2D eigenvalue weighted by atomic mass is 9.84. The standard InChI is InChI=1S/C86H97Cl3N10O26/c1-35(2)22-51(92-7)77(110)98-67-69(105)42-15-20-55(49(88)24-42)120-57-26-44-27-58(73(57)125-84-74(71(107)70(106)59(34-100)122-84)124-62-32-86(6,76(109)37(4)119-62)93-33-38-8-10-39(11-9-38)40-12-17-45(87)18-13-40)121-56-21-16-43(25-50(56)89)72(123-61-31-85(5,91)75(108)36(3)118-61)68-82(115)97-66(83(116)117)48-28-46(101)29-54(103)63(48)47-23-41(14-19-53(47)102)64(79(112)99-68)96-80(113)65(44)95-78(111)52(30-60(90)104)94-81(67)114/h8-21,23-29,35-37,51-52,59,61-62,64-72,74-76,84,92-93,100-103,105-109H,22,30-34,91H2,1-7H3,(H2,90,104)(H,94,114)(H,95,111)(H,96,113)(H,97,115)(H,98,110)(H,99,112)(H,116,117)/t36-,37-,51+,52-,59+,61-,62-,64+,65+,66?,67+,68-,69+,70+,71-,72+,74+,75-,76-,84-,85-,86-/m0/s1. The first-order chi connectivity index (χ1) is 59.2. The van der Waals surface area contributed by atoms with Crippen molar-refractivity contribution in [3.05, 3.63) is 176 Å². The summed E-state index contributed by atoms with van der Waals surface area (Å²) in [5, 5.41) is 138. The SMILES string of the molecule is CN[C@H](CC(C)C)C(=O)N[C@H]1C(=O)N[C@@H](CC(N)=O)C(=O)N[C@H]2C(=O)N[C@H]3C(=O)N[C@H](C(=O)NC(C(=O)O)c4cc(O)cc(O)c4-c4cc3ccc4O)[C@H](O[C@H]3C[C@](C)(N)[C@@H](O)[C@H](C)O3)c3ccc(c(Cl)c3)Oc3cc2cc(c3O[C@@H]2O[C@H](CO)[C@@H](O)[C@H](O)[C@H]2O[C@H]2C[C@](C)(NCc3ccc(-c4ccc(Cl)cc4)cc3)[C@@H](O)[C@H](C)O2)Oc2ccc(cc2Cl)[C@H]1O. The third-order valence-electron chi connectivity index (χ3n) is 22.9. The summed E-state index contributed by atoms with van der Waals surface area (Å²) in [4.78, 5) is 121. The second-order valence-corrected chi connectivity index (χ2v) is 34.0. The van der Waals surface area contributed by atoms with Gasteiger partial charge < -0.3 is 143 Å². The number of rotatable bonds is 19. The topological polar surface area (TPSA) is 561 Å². The van der Waals surface area contributed by atoms with Gasteiger partial charge in [-0.15, -0.1) is 0 Å². The van der Waals surface area contributed by atoms with Gasteiger partial charge in [-0.25, -0.2) is 4.79 Å². The molecule has 0 aromatic heterocycles. The monoisotopic (exact) mass is 1790 g/mol. The van der Waals surface area contributed by atoms with E-state index in [1.165, 1.54) is 51.2 Å². The lowest BCUT2D eigenvalue weighted by Crippen LogP contribution is -2.65. The summed E-state index contributed by atoms with van der Waals surface area (Å²) in [6, 6.07) is 14.5. The van der Waals surface area contributed by atoms with E-state index in [2.05, 4.69) is 42.5 Å². The summed E-state index contributed by atoms with van der Waals surface area (Å²) in [6.07, 6.45) is -23.0. The Balaban J connectivity index is 1.02. The van der Waals surface area contributed by atoms with Crippen LogP contribution in [-0.4, -0.2) is 215 Å². The van der Waals surface area contributed by atoms with Gasteiger partial charge in [-0.1, -0.05) is 103 Å². The highest BCUT2D eigenvalue weighted by molar-refractivity contribution is 6.32. The number of benzene rings is 7. The number of halogens is 3. The molecule has 0 spiro atoms. The maximum atomic E-state index is 16.6. The van der Waals surface area contributed by atoms with Crippen molar-refractivity contribution in [3.63, 3.8) is 0 Å². The second-order valence-electron chi connectivity index (χ2n) is 32.7. The second kappa shape index (κ2) is 37.9. The number of carbonyl (C=O) groups excluding carboxylic acids is 7. The normalized spacial score (nSPS) is 29.7. The van der Waals surface area contributed by atoms with Crippen LogP contribution in [0.25, 0.3) is 22.3 Å². The smallest absolute Gasteiger partial charge is 0.330 e. The number of amides is 7. The minimum atomic E-state index is -2.40. The molecule has 7 aromatic carbocycles. The van der Waals surface area contributed by atoms with Crippen LogP contribution in [0.1, 0.15) is 131 Å². The predicted molar refractivity (Wildman–Crippen MR) is 445 cm³/mol. The van der Waals surface area contributed by atoms with Gasteiger partial charge >= 0.3 is 5.97 Å². The Morgan fingerprint density at radius 1 is 0.632 bits per heavy atom. The third kappa shape index (κ3) is 20.1. The van der Waals surface area contributed by atoms with Crippen LogP contribution in [0, 0.1) is 5.92 Å². The van der Waals surface area contributed by atoms with Gasteiger partial charge in [0.2, 0.25) is 53.4 Å². The number of aliphatic hydroxyl groups excluding tert-OH is 6. The summed E-state index contributed by atoms with van der Waals surface area (Å²) >= 11 is 20.8. The molecule has 0 aliphatic carbocycles. The number of aliphatic carboxylic acids is 1. The number of phenolic OH excluding ortho intramolecular Hbond substituents is 3. The third-order valence-corrected chi connectivity index (χ3v) is 23.8. The highest BCUT2D eigenvalue weighted by Crippen LogP contribution is 2.51. The van der Waals surface area contributed by atoms with Crippen LogP contribution >= 0.6 is 34.8 Å². The number of aromatic hydroxyl groups is 3. The Labute approximate surface area is 730 Å². The van der Waals surface area contributed by atoms with Gasteiger partial charge in [0, 0.05) is 58.2 Å². The van der Waals surface area contributed by atoms with Crippen molar-refractivity contribution in [2.45, 2.75) is 207 Å². The molecule has 668 valence electrons. The van der Waals surface area contributed by atoms with E-state index in [9.17, 15) is 65.4 Å². The van der Waals surface area contributed by atoms with Crippen LogP contribution in [-0.2, 0) is 68.6 Å². The average Bonchev–Trinajstić information content (AvgIpc) is 0.762. The minimum absolute atomic E-state index is 0.119. The number of hydrogen-bond acceptors (Lipinski definition) is 28. The molecule has 8 aliphatic heterocycles. The van der Waals surface area contributed by atoms with Crippen LogP contribution in [0.3, 0.4) is 0 Å². The van der Waals surface area contributed by atoms with Crippen LogP contribution in [0.4, 0.5) is 0 Å². The van der Waals surface area contributed by atoms with Gasteiger partial charge in [0.1, 0.15) is 89.5 Å². The van der Waals surface area contributed by atoms with Crippen molar-refractivity contribution >= 4 is 82.1 Å². The van der Waals surface area contributed by atoms with Crippen LogP contribution in [0.5, 0.6) is 46.0 Å². The van der Waals surface area contributed by atoms with Gasteiger partial charge in [0.25, 0.3) is 0 Å². The first-order valence-electron chi connectivity index (χ1n) is 40.1. The van der Waals surface area contributed by atoms with Crippen LogP contribution < -0.4 is 68.2 Å². The van der Waals surface area contributed by atoms with E-state index < -0.39 is 261 Å². The lowest BCUT2D eigenvalue weighted by Gasteiger charge is -2.48. The van der Waals surface area contributed by atoms with E-state index >= 15 is 24.0 Å². The summed E-state index contributed by atoms with van der Waals surface area (Å²) in [7, 11) is 1.48. The average molecular weight is 1790 g/mol. The number of nitrogens with one attached hydrogen (secondary N) is 8. The largest absolute Gasteiger partial charge is 0.508 e. The quantitative estimate of drug-likeness (QED) is 0.0530. The fraction of sp³-hybridized carbons (Fsp3) is 0.419. The molecule has 22 N–H and O–H groups in total. The first kappa shape index (κ1) is 92.1. The fourth-order valence-corrected chi connectivity index (χ4v) is 16.7. The Hall–Kier alpha value is -10.6. The maximum Gasteiger partial charge on any atom is 0.330 e. The van der Waals surface area contributed by atoms with E-state index in [0.29, 0.717) is 5.02 Å². The molecule has 22 atom stereocenters. The summed E-state index contributed by atoms with van der Waals surface area (Å²) in [5.41, 5.74) is 9.60. The number of carboxylic acids is 1. The van der Waals surface area contributed by atoms with Crippen molar-refractivity contribution in [2.75, 3.05) is 13.7 Å². The molecule has 8 aliphatic rings. The Bertz CT molecular complexity index is 5250. The lowest BCUT2D eigenvalue weighted by molar-refractivity contribution is -0.334. The number of phenols is 3. The van der Waals surface area contributed by atoms with Crippen LogP contribution in [0.15, 0.2) is 127 Å². The number of nitrogens with two attached hydrogens (primary N) is 2. The highest BCUT2D eigenvalue weighted by Gasteiger charge is 2.53. The van der Waals surface area contributed by atoms with Crippen molar-refractivity contribution in [1.82, 2.24) is 42.5 Å². The summed E-state index contributed by atoms with van der Waals surface area (Å²) in [6.45, 7) is 9.06. The van der Waals surface area contributed by atoms with Gasteiger partial charge in [-0.05, 0) is 153 Å². The number of carboxylic acid groups (broad SMARTS) is 1. The number of carbonyl (C=O) groups is 8. The first-order valence-corrected chi connectivity index (χ1v) is 41.2.